The van der Waals surface area contributed by atoms with Crippen molar-refractivity contribution in [3.05, 3.63) is 29.8 Å². The van der Waals surface area contributed by atoms with Crippen molar-refractivity contribution >= 4 is 12.0 Å². The number of ether oxygens (including phenoxy) is 2. The number of carboxylic acid groups (broad SMARTS) is 1. The Hall–Kier alpha value is -2.01. The second kappa shape index (κ2) is 8.22. The number of hydrogen-bond acceptors (Lipinski definition) is 4. The van der Waals surface area contributed by atoms with E-state index < -0.39 is 5.97 Å². The van der Waals surface area contributed by atoms with Gasteiger partial charge in [-0.1, -0.05) is 12.1 Å². The minimum Gasteiger partial charge on any atom is -0.545 e. The molecule has 20 heavy (non-hydrogen) atoms. The van der Waals surface area contributed by atoms with Gasteiger partial charge in [-0.05, 0) is 30.7 Å². The highest BCUT2D eigenvalue weighted by Gasteiger charge is 2.06. The zero-order chi connectivity index (χ0) is 15.0. The largest absolute Gasteiger partial charge is 0.545 e. The van der Waals surface area contributed by atoms with Crippen LogP contribution in [0.15, 0.2) is 24.3 Å². The van der Waals surface area contributed by atoms with E-state index in [2.05, 4.69) is 14.1 Å². The monoisotopic (exact) mass is 279 g/mol. The van der Waals surface area contributed by atoms with E-state index in [1.807, 2.05) is 6.92 Å². The van der Waals surface area contributed by atoms with E-state index in [1.54, 1.807) is 18.2 Å². The van der Waals surface area contributed by atoms with Gasteiger partial charge in [0.25, 0.3) is 0 Å². The summed E-state index contributed by atoms with van der Waals surface area (Å²) in [6, 6.07) is 5.31. The molecule has 0 unspecified atom stereocenters. The van der Waals surface area contributed by atoms with Gasteiger partial charge in [-0.3, -0.25) is 0 Å². The van der Waals surface area contributed by atoms with Gasteiger partial charge in [0.05, 0.1) is 26.7 Å². The number of carboxylic acids is 1. The summed E-state index contributed by atoms with van der Waals surface area (Å²) in [4.78, 5) is 11.7. The van der Waals surface area contributed by atoms with Gasteiger partial charge in [0.15, 0.2) is 11.5 Å². The fourth-order valence-corrected chi connectivity index (χ4v) is 1.55. The number of carbonyl (C=O) groups excluding carboxylic acids is 1. The number of rotatable bonds is 8. The van der Waals surface area contributed by atoms with Crippen LogP contribution in [0.3, 0.4) is 0 Å². The summed E-state index contributed by atoms with van der Waals surface area (Å²) in [6.07, 6.45) is 2.45. The van der Waals surface area contributed by atoms with E-state index in [0.717, 1.165) is 18.2 Å². The molecular formula is C15H21NO4. The standard InChI is InChI=1S/C15H21NO4/c1-4-19-14-11-12(6-8-15(17)18)5-7-13(14)20-10-9-16(2)3/h5-8,11H,4,9-10H2,1-3H3,(H,17,18)/b8-6+. The summed E-state index contributed by atoms with van der Waals surface area (Å²) in [7, 11) is 4.11. The van der Waals surface area contributed by atoms with Crippen molar-refractivity contribution in [2.45, 2.75) is 6.92 Å². The van der Waals surface area contributed by atoms with E-state index >= 15 is 0 Å². The van der Waals surface area contributed by atoms with Crippen LogP contribution < -0.4 is 19.5 Å². The number of likely N-dealkylation sites (N-methyl/N-ethyl adjacent to an activating group) is 1. The van der Waals surface area contributed by atoms with Crippen LogP contribution in [0.1, 0.15) is 12.5 Å². The molecule has 1 rings (SSSR count). The average Bonchev–Trinajstić information content (AvgIpc) is 2.38. The van der Waals surface area contributed by atoms with E-state index in [1.165, 1.54) is 11.0 Å². The highest BCUT2D eigenvalue weighted by Crippen LogP contribution is 2.28. The van der Waals surface area contributed by atoms with Gasteiger partial charge >= 0.3 is 0 Å². The fraction of sp³-hybridized carbons (Fsp3) is 0.400. The van der Waals surface area contributed by atoms with Crippen LogP contribution in [0.5, 0.6) is 11.5 Å². The number of benzene rings is 1. The number of hydrogen-bond donors (Lipinski definition) is 1. The Kier molecular flexibility index (Phi) is 6.59. The zero-order valence-electron chi connectivity index (χ0n) is 12.1. The second-order valence-electron chi connectivity index (χ2n) is 4.60. The Labute approximate surface area is 119 Å². The van der Waals surface area contributed by atoms with Crippen molar-refractivity contribution in [2.24, 2.45) is 0 Å². The highest BCUT2D eigenvalue weighted by atomic mass is 16.5. The summed E-state index contributed by atoms with van der Waals surface area (Å²) in [5.41, 5.74) is 0.725. The first-order valence-electron chi connectivity index (χ1n) is 6.60. The molecule has 0 aliphatic carbocycles. The summed E-state index contributed by atoms with van der Waals surface area (Å²) in [6.45, 7) is 3.88. The number of nitrogens with one attached hydrogen (secondary N) is 1. The smallest absolute Gasteiger partial charge is 0.161 e. The molecule has 5 heteroatoms. The van der Waals surface area contributed by atoms with E-state index in [4.69, 9.17) is 9.47 Å². The Bertz CT molecular complexity index is 469. The summed E-state index contributed by atoms with van der Waals surface area (Å²) in [5.74, 6) is 0.0534. The quantitative estimate of drug-likeness (QED) is 0.644. The molecule has 0 amide bonds. The van der Waals surface area contributed by atoms with Crippen molar-refractivity contribution in [3.8, 4) is 11.5 Å². The maximum absolute atomic E-state index is 10.4. The maximum Gasteiger partial charge on any atom is 0.161 e. The SMILES string of the molecule is CCOc1cc(/C=C/C(=O)[O-])ccc1OCC[NH+](C)C. The van der Waals surface area contributed by atoms with Gasteiger partial charge in [0, 0.05) is 0 Å². The molecule has 0 atom stereocenters. The predicted octanol–water partition coefficient (Wildman–Crippen LogP) is -0.628. The predicted molar refractivity (Wildman–Crippen MR) is 74.8 cm³/mol. The molecule has 1 N–H and O–H groups in total. The molecule has 0 bridgehead atoms. The van der Waals surface area contributed by atoms with Crippen LogP contribution in [0.4, 0.5) is 0 Å². The molecule has 0 heterocycles. The van der Waals surface area contributed by atoms with Crippen LogP contribution in [-0.2, 0) is 4.79 Å². The van der Waals surface area contributed by atoms with Gasteiger partial charge in [-0.15, -0.1) is 0 Å². The van der Waals surface area contributed by atoms with Gasteiger partial charge in [-0.25, -0.2) is 0 Å². The van der Waals surface area contributed by atoms with Crippen LogP contribution in [0.25, 0.3) is 6.08 Å². The Morgan fingerprint density at radius 1 is 1.30 bits per heavy atom. The van der Waals surface area contributed by atoms with Crippen molar-refractivity contribution in [3.63, 3.8) is 0 Å². The van der Waals surface area contributed by atoms with Crippen molar-refractivity contribution in [1.29, 1.82) is 0 Å². The molecule has 0 saturated carbocycles. The molecular weight excluding hydrogens is 258 g/mol. The van der Waals surface area contributed by atoms with Crippen molar-refractivity contribution < 1.29 is 24.3 Å². The maximum atomic E-state index is 10.4. The van der Waals surface area contributed by atoms with Gasteiger partial charge in [0.1, 0.15) is 13.2 Å². The first kappa shape index (κ1) is 16.0. The first-order valence-corrected chi connectivity index (χ1v) is 6.60. The van der Waals surface area contributed by atoms with Gasteiger partial charge in [-0.2, -0.15) is 0 Å². The van der Waals surface area contributed by atoms with Crippen molar-refractivity contribution in [1.82, 2.24) is 0 Å². The lowest BCUT2D eigenvalue weighted by atomic mass is 10.2. The third-order valence-electron chi connectivity index (χ3n) is 2.54. The summed E-state index contributed by atoms with van der Waals surface area (Å²) in [5, 5.41) is 10.4. The van der Waals surface area contributed by atoms with Crippen LogP contribution >= 0.6 is 0 Å². The fourth-order valence-electron chi connectivity index (χ4n) is 1.55. The highest BCUT2D eigenvalue weighted by molar-refractivity contribution is 5.83. The van der Waals surface area contributed by atoms with Crippen LogP contribution in [0, 0.1) is 0 Å². The lowest BCUT2D eigenvalue weighted by molar-refractivity contribution is -0.858. The molecule has 0 fully saturated rings. The van der Waals surface area contributed by atoms with Crippen molar-refractivity contribution in [2.75, 3.05) is 33.9 Å². The lowest BCUT2D eigenvalue weighted by Gasteiger charge is -2.13. The number of quaternary nitrogens is 1. The Morgan fingerprint density at radius 2 is 2.05 bits per heavy atom. The number of carbonyl (C=O) groups is 1. The molecule has 0 aliphatic heterocycles. The normalized spacial score (nSPS) is 11.0. The molecule has 1 aromatic carbocycles. The van der Waals surface area contributed by atoms with E-state index in [9.17, 15) is 9.90 Å². The first-order chi connectivity index (χ1) is 9.52. The molecule has 0 aromatic heterocycles. The average molecular weight is 279 g/mol. The molecule has 5 nitrogen and oxygen atoms in total. The minimum absolute atomic E-state index is 0.517. The Morgan fingerprint density at radius 3 is 2.65 bits per heavy atom. The molecule has 1 aromatic rings. The topological polar surface area (TPSA) is 63.0 Å². The van der Waals surface area contributed by atoms with Crippen LogP contribution in [-0.4, -0.2) is 39.8 Å². The van der Waals surface area contributed by atoms with E-state index in [0.29, 0.717) is 24.7 Å². The molecule has 110 valence electrons. The molecule has 0 aliphatic rings. The molecule has 0 spiro atoms. The zero-order valence-corrected chi connectivity index (χ0v) is 12.1. The summed E-state index contributed by atoms with van der Waals surface area (Å²) >= 11 is 0. The number of aliphatic carboxylic acids is 1. The Balaban J connectivity index is 2.81. The lowest BCUT2D eigenvalue weighted by Crippen LogP contribution is -3.06. The van der Waals surface area contributed by atoms with Gasteiger partial charge in [0.2, 0.25) is 0 Å². The second-order valence-corrected chi connectivity index (χ2v) is 4.60. The third-order valence-corrected chi connectivity index (χ3v) is 2.54. The molecule has 0 radical (unpaired) electrons. The third kappa shape index (κ3) is 5.75. The van der Waals surface area contributed by atoms with Crippen LogP contribution in [0.2, 0.25) is 0 Å². The van der Waals surface area contributed by atoms with E-state index in [-0.39, 0.29) is 0 Å². The van der Waals surface area contributed by atoms with Gasteiger partial charge < -0.3 is 24.3 Å². The minimum atomic E-state index is -1.22. The molecule has 0 saturated heterocycles. The summed E-state index contributed by atoms with van der Waals surface area (Å²) < 4.78 is 11.2.